The van der Waals surface area contributed by atoms with Crippen molar-refractivity contribution in [2.75, 3.05) is 20.8 Å². The van der Waals surface area contributed by atoms with Crippen molar-refractivity contribution in [3.05, 3.63) is 53.5 Å². The van der Waals surface area contributed by atoms with E-state index >= 15 is 0 Å². The number of methoxy groups -OCH3 is 2. The van der Waals surface area contributed by atoms with E-state index in [-0.39, 0.29) is 6.42 Å². The van der Waals surface area contributed by atoms with E-state index in [2.05, 4.69) is 6.07 Å². The van der Waals surface area contributed by atoms with Crippen LogP contribution in [-0.4, -0.2) is 30.2 Å². The molecule has 0 N–H and O–H groups in total. The van der Waals surface area contributed by atoms with E-state index in [1.54, 1.807) is 14.2 Å². The molecule has 4 rings (SSSR count). The normalized spacial score (nSPS) is 10.7. The number of hydrogen-bond acceptors (Lipinski definition) is 6. The minimum atomic E-state index is 0.236. The predicted molar refractivity (Wildman–Crippen MR) is 118 cm³/mol. The van der Waals surface area contributed by atoms with Crippen molar-refractivity contribution in [2.24, 2.45) is 0 Å². The number of benzene rings is 2. The molecule has 152 valence electrons. The van der Waals surface area contributed by atoms with Crippen LogP contribution in [0, 0.1) is 11.3 Å². The number of rotatable bonds is 7. The highest BCUT2D eigenvalue weighted by Gasteiger charge is 2.21. The monoisotopic (exact) mass is 419 g/mol. The van der Waals surface area contributed by atoms with E-state index < -0.39 is 0 Å². The fourth-order valence-electron chi connectivity index (χ4n) is 3.46. The van der Waals surface area contributed by atoms with Crippen molar-refractivity contribution < 1.29 is 14.2 Å². The van der Waals surface area contributed by atoms with Crippen LogP contribution in [0.5, 0.6) is 17.2 Å². The number of nitrogens with zero attached hydrogens (tertiary/aromatic N) is 3. The Kier molecular flexibility index (Phi) is 5.59. The standard InChI is InChI=1S/C23H21N3O3S/c1-4-29-16-7-5-15(6-8-16)22-19(11-12-24)26-20(14-30-23(26)25-22)18-13-17(27-2)9-10-21(18)28-3/h5-10,13-14H,4,11H2,1-3H3. The molecule has 0 aliphatic carbocycles. The molecule has 0 bridgehead atoms. The fourth-order valence-corrected chi connectivity index (χ4v) is 4.37. The molecule has 2 aromatic heterocycles. The Morgan fingerprint density at radius 2 is 1.83 bits per heavy atom. The van der Waals surface area contributed by atoms with Crippen LogP contribution < -0.4 is 14.2 Å². The molecule has 0 unspecified atom stereocenters. The molecule has 6 nitrogen and oxygen atoms in total. The van der Waals surface area contributed by atoms with Gasteiger partial charge in [-0.05, 0) is 49.4 Å². The number of hydrogen-bond donors (Lipinski definition) is 0. The Balaban J connectivity index is 1.90. The van der Waals surface area contributed by atoms with E-state index in [0.29, 0.717) is 6.61 Å². The summed E-state index contributed by atoms with van der Waals surface area (Å²) in [6, 6.07) is 15.8. The molecule has 0 aliphatic rings. The van der Waals surface area contributed by atoms with Crippen LogP contribution >= 0.6 is 11.3 Å². The lowest BCUT2D eigenvalue weighted by Gasteiger charge is -2.11. The molecule has 0 amide bonds. The molecule has 0 saturated heterocycles. The first-order chi connectivity index (χ1) is 14.7. The number of fused-ring (bicyclic) bond motifs is 1. The molecule has 4 aromatic rings. The zero-order valence-electron chi connectivity index (χ0n) is 17.0. The van der Waals surface area contributed by atoms with Crippen molar-refractivity contribution in [1.82, 2.24) is 9.38 Å². The quantitative estimate of drug-likeness (QED) is 0.411. The summed E-state index contributed by atoms with van der Waals surface area (Å²) in [5.41, 5.74) is 4.40. The van der Waals surface area contributed by atoms with E-state index in [0.717, 1.165) is 50.4 Å². The lowest BCUT2D eigenvalue weighted by molar-refractivity contribution is 0.340. The highest BCUT2D eigenvalue weighted by atomic mass is 32.1. The van der Waals surface area contributed by atoms with Crippen LogP contribution in [0.15, 0.2) is 47.8 Å². The second-order valence-electron chi connectivity index (χ2n) is 6.50. The largest absolute Gasteiger partial charge is 0.497 e. The molecule has 0 aliphatic heterocycles. The number of ether oxygens (including phenoxy) is 3. The Labute approximate surface area is 178 Å². The molecular weight excluding hydrogens is 398 g/mol. The average molecular weight is 420 g/mol. The third-order valence-electron chi connectivity index (χ3n) is 4.83. The van der Waals surface area contributed by atoms with Crippen LogP contribution in [-0.2, 0) is 6.42 Å². The number of aromatic nitrogens is 2. The Bertz CT molecular complexity index is 1220. The molecule has 0 fully saturated rings. The zero-order valence-corrected chi connectivity index (χ0v) is 17.8. The summed E-state index contributed by atoms with van der Waals surface area (Å²) in [5, 5.41) is 11.5. The molecule has 30 heavy (non-hydrogen) atoms. The van der Waals surface area contributed by atoms with Gasteiger partial charge in [-0.25, -0.2) is 4.98 Å². The van der Waals surface area contributed by atoms with Crippen molar-refractivity contribution >= 4 is 16.3 Å². The van der Waals surface area contributed by atoms with Gasteiger partial charge >= 0.3 is 0 Å². The first kappa shape index (κ1) is 19.8. The Hall–Kier alpha value is -3.50. The number of nitriles is 1. The topological polar surface area (TPSA) is 68.8 Å². The van der Waals surface area contributed by atoms with Gasteiger partial charge < -0.3 is 14.2 Å². The second kappa shape index (κ2) is 8.47. The van der Waals surface area contributed by atoms with Gasteiger partial charge in [-0.15, -0.1) is 11.3 Å². The number of imidazole rings is 1. The van der Waals surface area contributed by atoms with Gasteiger partial charge in [0.2, 0.25) is 0 Å². The molecule has 0 atom stereocenters. The Morgan fingerprint density at radius 1 is 1.07 bits per heavy atom. The summed E-state index contributed by atoms with van der Waals surface area (Å²) < 4.78 is 18.6. The van der Waals surface area contributed by atoms with Crippen LogP contribution in [0.4, 0.5) is 0 Å². The van der Waals surface area contributed by atoms with Gasteiger partial charge in [0.25, 0.3) is 0 Å². The SMILES string of the molecule is CCOc1ccc(-c2nc3scc(-c4cc(OC)ccc4OC)n3c2CC#N)cc1. The number of thiazole rings is 1. The maximum absolute atomic E-state index is 9.51. The van der Waals surface area contributed by atoms with Gasteiger partial charge in [-0.1, -0.05) is 0 Å². The van der Waals surface area contributed by atoms with Gasteiger partial charge in [0.1, 0.15) is 17.2 Å². The third kappa shape index (κ3) is 3.46. The van der Waals surface area contributed by atoms with Crippen LogP contribution in [0.3, 0.4) is 0 Å². The molecule has 0 radical (unpaired) electrons. The van der Waals surface area contributed by atoms with Crippen molar-refractivity contribution in [2.45, 2.75) is 13.3 Å². The molecule has 7 heteroatoms. The summed E-state index contributed by atoms with van der Waals surface area (Å²) >= 11 is 1.53. The first-order valence-corrected chi connectivity index (χ1v) is 10.4. The summed E-state index contributed by atoms with van der Waals surface area (Å²) in [4.78, 5) is 5.66. The molecule has 0 saturated carbocycles. The van der Waals surface area contributed by atoms with Gasteiger partial charge in [0.05, 0.1) is 50.4 Å². The van der Waals surface area contributed by atoms with E-state index in [9.17, 15) is 5.26 Å². The highest BCUT2D eigenvalue weighted by molar-refractivity contribution is 7.15. The second-order valence-corrected chi connectivity index (χ2v) is 7.34. The van der Waals surface area contributed by atoms with Gasteiger partial charge in [0.15, 0.2) is 4.96 Å². The third-order valence-corrected chi connectivity index (χ3v) is 5.65. The van der Waals surface area contributed by atoms with E-state index in [1.165, 1.54) is 11.3 Å². The lowest BCUT2D eigenvalue weighted by atomic mass is 10.1. The summed E-state index contributed by atoms with van der Waals surface area (Å²) in [6.45, 7) is 2.57. The summed E-state index contributed by atoms with van der Waals surface area (Å²) in [7, 11) is 3.28. The average Bonchev–Trinajstić information content (AvgIpc) is 3.34. The molecular formula is C23H21N3O3S. The smallest absolute Gasteiger partial charge is 0.195 e. The maximum Gasteiger partial charge on any atom is 0.195 e. The summed E-state index contributed by atoms with van der Waals surface area (Å²) in [6.07, 6.45) is 0.236. The van der Waals surface area contributed by atoms with Crippen molar-refractivity contribution in [3.8, 4) is 45.8 Å². The van der Waals surface area contributed by atoms with Gasteiger partial charge in [-0.3, -0.25) is 4.40 Å². The maximum atomic E-state index is 9.51. The van der Waals surface area contributed by atoms with E-state index in [4.69, 9.17) is 19.2 Å². The van der Waals surface area contributed by atoms with Crippen LogP contribution in [0.2, 0.25) is 0 Å². The first-order valence-electron chi connectivity index (χ1n) is 9.51. The molecule has 2 heterocycles. The Morgan fingerprint density at radius 3 is 2.50 bits per heavy atom. The van der Waals surface area contributed by atoms with Gasteiger partial charge in [0, 0.05) is 16.5 Å². The summed E-state index contributed by atoms with van der Waals surface area (Å²) in [5.74, 6) is 2.28. The lowest BCUT2D eigenvalue weighted by Crippen LogP contribution is -1.97. The van der Waals surface area contributed by atoms with Gasteiger partial charge in [-0.2, -0.15) is 5.26 Å². The molecule has 0 spiro atoms. The minimum absolute atomic E-state index is 0.236. The van der Waals surface area contributed by atoms with Crippen molar-refractivity contribution in [3.63, 3.8) is 0 Å². The van der Waals surface area contributed by atoms with E-state index in [1.807, 2.05) is 59.2 Å². The molecule has 2 aromatic carbocycles. The van der Waals surface area contributed by atoms with Crippen LogP contribution in [0.1, 0.15) is 12.6 Å². The predicted octanol–water partition coefficient (Wildman–Crippen LogP) is 5.21. The fraction of sp³-hybridized carbons (Fsp3) is 0.217. The van der Waals surface area contributed by atoms with Crippen molar-refractivity contribution in [1.29, 1.82) is 5.26 Å². The van der Waals surface area contributed by atoms with Crippen LogP contribution in [0.25, 0.3) is 27.5 Å². The minimum Gasteiger partial charge on any atom is -0.497 e. The highest BCUT2D eigenvalue weighted by Crippen LogP contribution is 2.38. The zero-order chi connectivity index (χ0) is 21.1.